The number of ether oxygens (including phenoxy) is 2. The summed E-state index contributed by atoms with van der Waals surface area (Å²) in [6.45, 7) is 4.19. The summed E-state index contributed by atoms with van der Waals surface area (Å²) in [7, 11) is 0. The maximum atomic E-state index is 12.4. The molecule has 1 unspecified atom stereocenters. The lowest BCUT2D eigenvalue weighted by Crippen LogP contribution is -2.28. The van der Waals surface area contributed by atoms with Crippen LogP contribution in [0.4, 0.5) is 0 Å². The van der Waals surface area contributed by atoms with Crippen LogP contribution in [0.15, 0.2) is 36.5 Å². The first-order valence-electron chi connectivity index (χ1n) is 34.0. The van der Waals surface area contributed by atoms with Gasteiger partial charge in [0.1, 0.15) is 6.61 Å². The summed E-state index contributed by atoms with van der Waals surface area (Å²) >= 11 is 0. The quantitative estimate of drug-likeness (QED) is 0.0373. The first-order valence-corrected chi connectivity index (χ1v) is 34.0. The topological polar surface area (TPSA) is 72.8 Å². The van der Waals surface area contributed by atoms with Crippen molar-refractivity contribution >= 4 is 11.9 Å². The minimum Gasteiger partial charge on any atom is -0.462 e. The molecule has 0 aromatic rings. The van der Waals surface area contributed by atoms with E-state index in [-0.39, 0.29) is 25.2 Å². The predicted octanol–water partition coefficient (Wildman–Crippen LogP) is 23.4. The molecule has 0 fully saturated rings. The van der Waals surface area contributed by atoms with Gasteiger partial charge in [0.25, 0.3) is 0 Å². The third-order valence-electron chi connectivity index (χ3n) is 15.7. The second kappa shape index (κ2) is 66.4. The van der Waals surface area contributed by atoms with Crippen molar-refractivity contribution in [2.24, 2.45) is 0 Å². The van der Waals surface area contributed by atoms with Crippen molar-refractivity contribution < 1.29 is 24.2 Å². The third kappa shape index (κ3) is 64.5. The zero-order valence-corrected chi connectivity index (χ0v) is 50.8. The van der Waals surface area contributed by atoms with E-state index in [9.17, 15) is 14.7 Å². The molecule has 5 nitrogen and oxygen atoms in total. The van der Waals surface area contributed by atoms with Crippen LogP contribution in [0.2, 0.25) is 0 Å². The van der Waals surface area contributed by atoms with Crippen molar-refractivity contribution in [3.63, 3.8) is 0 Å². The Morgan fingerprint density at radius 3 is 0.800 bits per heavy atom. The Hall–Kier alpha value is -1.88. The summed E-state index contributed by atoms with van der Waals surface area (Å²) in [5, 5.41) is 9.69. The van der Waals surface area contributed by atoms with E-state index in [0.717, 1.165) is 44.9 Å². The number of carbonyl (C=O) groups is 2. The molecule has 0 aliphatic rings. The van der Waals surface area contributed by atoms with Gasteiger partial charge in [-0.1, -0.05) is 352 Å². The molecule has 1 N–H and O–H groups in total. The molecule has 0 spiro atoms. The molecule has 0 bridgehead atoms. The predicted molar refractivity (Wildman–Crippen MR) is 330 cm³/mol. The van der Waals surface area contributed by atoms with E-state index in [0.29, 0.717) is 12.8 Å². The van der Waals surface area contributed by atoms with Gasteiger partial charge in [0.05, 0.1) is 6.61 Å². The van der Waals surface area contributed by atoms with Gasteiger partial charge in [-0.15, -0.1) is 0 Å². The number of rotatable bonds is 64. The number of aliphatic hydroxyl groups excluding tert-OH is 1. The van der Waals surface area contributed by atoms with Crippen LogP contribution in [0.1, 0.15) is 380 Å². The minimum atomic E-state index is -0.770. The molecule has 0 aromatic carbocycles. The Labute approximate surface area is 469 Å². The van der Waals surface area contributed by atoms with Crippen LogP contribution in [-0.2, 0) is 19.1 Å². The number of hydrogen-bond acceptors (Lipinski definition) is 5. The van der Waals surface area contributed by atoms with Gasteiger partial charge < -0.3 is 14.6 Å². The smallest absolute Gasteiger partial charge is 0.306 e. The average molecular weight is 1050 g/mol. The van der Waals surface area contributed by atoms with Crippen LogP contribution in [0.25, 0.3) is 0 Å². The molecule has 1 atom stereocenters. The Morgan fingerprint density at radius 2 is 0.533 bits per heavy atom. The number of aliphatic hydroxyl groups is 1. The van der Waals surface area contributed by atoms with Gasteiger partial charge in [-0.05, 0) is 51.4 Å². The molecule has 0 saturated heterocycles. The maximum absolute atomic E-state index is 12.4. The van der Waals surface area contributed by atoms with Crippen LogP contribution in [0.5, 0.6) is 0 Å². The number of unbranched alkanes of at least 4 members (excludes halogenated alkanes) is 50. The molecular weight excluding hydrogens is 921 g/mol. The molecule has 0 radical (unpaired) electrons. The van der Waals surface area contributed by atoms with Gasteiger partial charge in [0.2, 0.25) is 0 Å². The lowest BCUT2D eigenvalue weighted by molar-refractivity contribution is -0.161. The van der Waals surface area contributed by atoms with Gasteiger partial charge in [-0.3, -0.25) is 9.59 Å². The van der Waals surface area contributed by atoms with Gasteiger partial charge in [0, 0.05) is 12.8 Å². The summed E-state index contributed by atoms with van der Waals surface area (Å²) in [6.07, 6.45) is 87.5. The normalized spacial score (nSPS) is 12.3. The van der Waals surface area contributed by atoms with Crippen molar-refractivity contribution in [1.82, 2.24) is 0 Å². The molecule has 442 valence electrons. The van der Waals surface area contributed by atoms with E-state index in [1.54, 1.807) is 0 Å². The third-order valence-corrected chi connectivity index (χ3v) is 15.7. The summed E-state index contributed by atoms with van der Waals surface area (Å²) in [5.41, 5.74) is 0. The molecule has 0 amide bonds. The first kappa shape index (κ1) is 73.1. The molecule has 0 saturated carbocycles. The SMILES string of the molecule is CCCCCCC/C=C\C/C=C\C/C=C\CCCCCCCCCCCCCCCCCCC(=O)OC(CO)COC(=O)CCCCCCCCCCCCCCCCCCCCCCCCCCCCCCCC. The Morgan fingerprint density at radius 1 is 0.307 bits per heavy atom. The van der Waals surface area contributed by atoms with Gasteiger partial charge >= 0.3 is 11.9 Å². The molecule has 0 aliphatic heterocycles. The second-order valence-corrected chi connectivity index (χ2v) is 23.3. The standard InChI is InChI=1S/C70H132O5/c1-3-5-7-9-11-13-15-17-19-21-23-25-27-29-31-33-35-37-39-41-43-45-47-49-51-53-55-57-59-61-63-65-70(73)75-68(66-71)67-74-69(72)64-62-60-58-56-54-52-50-48-46-44-42-40-38-36-34-32-30-28-26-24-22-20-18-16-14-12-10-8-6-4-2/h15,17,21,23,27,29,68,71H,3-14,16,18-20,22,24-26,28,30-67H2,1-2H3/b17-15-,23-21-,29-27-. The Kier molecular flexibility index (Phi) is 64.7. The lowest BCUT2D eigenvalue weighted by atomic mass is 10.0. The minimum absolute atomic E-state index is 0.0597. The maximum Gasteiger partial charge on any atom is 0.306 e. The Bertz CT molecular complexity index is 1190. The van der Waals surface area contributed by atoms with Crippen LogP contribution in [0.3, 0.4) is 0 Å². The van der Waals surface area contributed by atoms with E-state index < -0.39 is 6.10 Å². The average Bonchev–Trinajstić information content (AvgIpc) is 3.41. The molecule has 0 heterocycles. The largest absolute Gasteiger partial charge is 0.462 e. The van der Waals surface area contributed by atoms with Crippen molar-refractivity contribution in [3.05, 3.63) is 36.5 Å². The molecule has 0 rings (SSSR count). The summed E-state index contributed by atoms with van der Waals surface area (Å²) in [6, 6.07) is 0. The Balaban J connectivity index is 3.40. The van der Waals surface area contributed by atoms with Crippen molar-refractivity contribution in [2.45, 2.75) is 386 Å². The van der Waals surface area contributed by atoms with Crippen molar-refractivity contribution in [3.8, 4) is 0 Å². The van der Waals surface area contributed by atoms with E-state index in [2.05, 4.69) is 50.3 Å². The molecule has 75 heavy (non-hydrogen) atoms. The number of esters is 2. The highest BCUT2D eigenvalue weighted by Gasteiger charge is 2.16. The number of allylic oxidation sites excluding steroid dienone is 6. The number of hydrogen-bond donors (Lipinski definition) is 1. The molecule has 5 heteroatoms. The monoisotopic (exact) mass is 1050 g/mol. The van der Waals surface area contributed by atoms with Crippen LogP contribution < -0.4 is 0 Å². The van der Waals surface area contributed by atoms with Gasteiger partial charge in [0.15, 0.2) is 6.10 Å². The lowest BCUT2D eigenvalue weighted by Gasteiger charge is -2.15. The zero-order valence-electron chi connectivity index (χ0n) is 50.8. The zero-order chi connectivity index (χ0) is 54.1. The van der Waals surface area contributed by atoms with Crippen molar-refractivity contribution in [1.29, 1.82) is 0 Å². The highest BCUT2D eigenvalue weighted by molar-refractivity contribution is 5.70. The molecular formula is C70H132O5. The summed E-state index contributed by atoms with van der Waals surface area (Å²) < 4.78 is 10.8. The summed E-state index contributed by atoms with van der Waals surface area (Å²) in [5.74, 6) is -0.567. The summed E-state index contributed by atoms with van der Waals surface area (Å²) in [4.78, 5) is 24.6. The molecule has 0 aliphatic carbocycles. The van der Waals surface area contributed by atoms with Crippen LogP contribution >= 0.6 is 0 Å². The molecule has 0 aromatic heterocycles. The van der Waals surface area contributed by atoms with E-state index >= 15 is 0 Å². The highest BCUT2D eigenvalue weighted by atomic mass is 16.6. The van der Waals surface area contributed by atoms with Gasteiger partial charge in [-0.25, -0.2) is 0 Å². The fourth-order valence-corrected chi connectivity index (χ4v) is 10.6. The highest BCUT2D eigenvalue weighted by Crippen LogP contribution is 2.19. The van der Waals surface area contributed by atoms with E-state index in [1.807, 2.05) is 0 Å². The number of carbonyl (C=O) groups excluding carboxylic acids is 2. The second-order valence-electron chi connectivity index (χ2n) is 23.3. The van der Waals surface area contributed by atoms with E-state index in [1.165, 1.54) is 308 Å². The fourth-order valence-electron chi connectivity index (χ4n) is 10.6. The van der Waals surface area contributed by atoms with Crippen molar-refractivity contribution in [2.75, 3.05) is 13.2 Å². The van der Waals surface area contributed by atoms with Crippen LogP contribution in [-0.4, -0.2) is 36.4 Å². The van der Waals surface area contributed by atoms with Gasteiger partial charge in [-0.2, -0.15) is 0 Å². The first-order chi connectivity index (χ1) is 37.1. The van der Waals surface area contributed by atoms with E-state index in [4.69, 9.17) is 9.47 Å². The van der Waals surface area contributed by atoms with Crippen LogP contribution in [0, 0.1) is 0 Å². The fraction of sp³-hybridized carbons (Fsp3) is 0.886.